The summed E-state index contributed by atoms with van der Waals surface area (Å²) in [7, 11) is 0. The van der Waals surface area contributed by atoms with Gasteiger partial charge in [0.2, 0.25) is 5.91 Å². The summed E-state index contributed by atoms with van der Waals surface area (Å²) >= 11 is 3.22. The number of non-ortho nitro benzene ring substituents is 1. The van der Waals surface area contributed by atoms with Gasteiger partial charge in [-0.1, -0.05) is 13.8 Å². The fourth-order valence-electron chi connectivity index (χ4n) is 1.24. The number of rotatable bonds is 4. The van der Waals surface area contributed by atoms with Crippen LogP contribution in [0.25, 0.3) is 0 Å². The van der Waals surface area contributed by atoms with Gasteiger partial charge in [-0.15, -0.1) is 0 Å². The highest BCUT2D eigenvalue weighted by Gasteiger charge is 2.19. The Morgan fingerprint density at radius 3 is 2.61 bits per heavy atom. The lowest BCUT2D eigenvalue weighted by Crippen LogP contribution is -2.39. The fourth-order valence-corrected chi connectivity index (χ4v) is 1.59. The van der Waals surface area contributed by atoms with Gasteiger partial charge in [0, 0.05) is 16.6 Å². The lowest BCUT2D eigenvalue weighted by molar-refractivity contribution is -0.384. The normalized spacial score (nSPS) is 12.3. The van der Waals surface area contributed by atoms with Gasteiger partial charge in [-0.05, 0) is 27.9 Å². The van der Waals surface area contributed by atoms with E-state index >= 15 is 0 Å². The Labute approximate surface area is 113 Å². The van der Waals surface area contributed by atoms with E-state index in [1.807, 2.05) is 13.8 Å². The molecular weight excluding hydrogens is 302 g/mol. The van der Waals surface area contributed by atoms with Crippen molar-refractivity contribution in [3.05, 3.63) is 32.8 Å². The molecule has 0 saturated carbocycles. The van der Waals surface area contributed by atoms with Crippen LogP contribution in [0, 0.1) is 16.0 Å². The summed E-state index contributed by atoms with van der Waals surface area (Å²) in [5, 5.41) is 13.2. The van der Waals surface area contributed by atoms with Crippen LogP contribution in [-0.4, -0.2) is 16.9 Å². The summed E-state index contributed by atoms with van der Waals surface area (Å²) in [6.07, 6.45) is 0. The van der Waals surface area contributed by atoms with Crippen molar-refractivity contribution in [1.82, 2.24) is 0 Å². The smallest absolute Gasteiger partial charge is 0.271 e. The summed E-state index contributed by atoms with van der Waals surface area (Å²) < 4.78 is 0.567. The van der Waals surface area contributed by atoms with Crippen molar-refractivity contribution in [3.63, 3.8) is 0 Å². The Hall–Kier alpha value is -1.47. The Bertz CT molecular complexity index is 477. The molecule has 0 heterocycles. The molecule has 0 aliphatic rings. The average molecular weight is 316 g/mol. The number of nitrogens with zero attached hydrogens (tertiary/aromatic N) is 1. The molecule has 1 aromatic rings. The van der Waals surface area contributed by atoms with Gasteiger partial charge in [0.25, 0.3) is 5.69 Å². The molecule has 98 valence electrons. The second-order valence-electron chi connectivity index (χ2n) is 4.18. The molecular formula is C11H14BrN3O3. The molecule has 1 aromatic carbocycles. The number of carbonyl (C=O) groups excluding carboxylic acids is 1. The van der Waals surface area contributed by atoms with Gasteiger partial charge in [0.1, 0.15) is 0 Å². The molecule has 7 heteroatoms. The van der Waals surface area contributed by atoms with Gasteiger partial charge in [0.05, 0.1) is 16.7 Å². The van der Waals surface area contributed by atoms with E-state index in [0.29, 0.717) is 10.2 Å². The minimum absolute atomic E-state index is 0.0116. The first-order valence-corrected chi connectivity index (χ1v) is 6.12. The third kappa shape index (κ3) is 3.51. The average Bonchev–Trinajstić information content (AvgIpc) is 2.30. The number of nitrogens with two attached hydrogens (primary N) is 1. The first-order valence-electron chi connectivity index (χ1n) is 5.33. The Morgan fingerprint density at radius 2 is 2.11 bits per heavy atom. The van der Waals surface area contributed by atoms with Gasteiger partial charge in [-0.3, -0.25) is 14.9 Å². The second kappa shape index (κ2) is 5.92. The zero-order valence-electron chi connectivity index (χ0n) is 10.0. The predicted molar refractivity (Wildman–Crippen MR) is 72.2 cm³/mol. The highest BCUT2D eigenvalue weighted by Crippen LogP contribution is 2.27. The first-order chi connectivity index (χ1) is 8.32. The highest BCUT2D eigenvalue weighted by atomic mass is 79.9. The van der Waals surface area contributed by atoms with Gasteiger partial charge in [-0.2, -0.15) is 0 Å². The van der Waals surface area contributed by atoms with Crippen LogP contribution in [0.5, 0.6) is 0 Å². The van der Waals surface area contributed by atoms with Crippen molar-refractivity contribution in [1.29, 1.82) is 0 Å². The van der Waals surface area contributed by atoms with Crippen molar-refractivity contribution in [2.45, 2.75) is 19.9 Å². The Morgan fingerprint density at radius 1 is 1.50 bits per heavy atom. The number of halogens is 1. The molecule has 0 saturated heterocycles. The molecule has 0 aliphatic carbocycles. The Kier molecular flexibility index (Phi) is 4.80. The molecule has 1 amide bonds. The zero-order valence-corrected chi connectivity index (χ0v) is 11.6. The van der Waals surface area contributed by atoms with Crippen LogP contribution in [0.3, 0.4) is 0 Å². The van der Waals surface area contributed by atoms with Crippen LogP contribution in [0.4, 0.5) is 11.4 Å². The van der Waals surface area contributed by atoms with Crippen LogP contribution < -0.4 is 11.1 Å². The molecule has 3 N–H and O–H groups in total. The van der Waals surface area contributed by atoms with Crippen molar-refractivity contribution in [3.8, 4) is 0 Å². The van der Waals surface area contributed by atoms with Crippen molar-refractivity contribution >= 4 is 33.2 Å². The molecule has 1 atom stereocenters. The molecule has 6 nitrogen and oxygen atoms in total. The number of hydrogen-bond donors (Lipinski definition) is 2. The number of hydrogen-bond acceptors (Lipinski definition) is 4. The standard InChI is InChI=1S/C11H14BrN3O3/c1-6(2)10(13)11(16)14-9-5-7(15(17)18)3-4-8(9)12/h3-6,10H,13H2,1-2H3,(H,14,16)/t10-/m1/s1. The summed E-state index contributed by atoms with van der Waals surface area (Å²) in [5.41, 5.74) is 5.94. The van der Waals surface area contributed by atoms with Gasteiger partial charge >= 0.3 is 0 Å². The number of carbonyl (C=O) groups is 1. The summed E-state index contributed by atoms with van der Waals surface area (Å²) in [4.78, 5) is 21.9. The van der Waals surface area contributed by atoms with E-state index in [9.17, 15) is 14.9 Å². The number of amides is 1. The largest absolute Gasteiger partial charge is 0.323 e. The lowest BCUT2D eigenvalue weighted by Gasteiger charge is -2.15. The quantitative estimate of drug-likeness (QED) is 0.657. The van der Waals surface area contributed by atoms with E-state index in [4.69, 9.17) is 5.73 Å². The topological polar surface area (TPSA) is 98.3 Å². The van der Waals surface area contributed by atoms with Crippen LogP contribution in [-0.2, 0) is 4.79 Å². The lowest BCUT2D eigenvalue weighted by atomic mass is 10.0. The van der Waals surface area contributed by atoms with Crippen molar-refractivity contribution < 1.29 is 9.72 Å². The highest BCUT2D eigenvalue weighted by molar-refractivity contribution is 9.10. The van der Waals surface area contributed by atoms with Crippen molar-refractivity contribution in [2.24, 2.45) is 11.7 Å². The maximum Gasteiger partial charge on any atom is 0.271 e. The van der Waals surface area contributed by atoms with E-state index in [2.05, 4.69) is 21.2 Å². The van der Waals surface area contributed by atoms with Crippen LogP contribution >= 0.6 is 15.9 Å². The molecule has 0 radical (unpaired) electrons. The molecule has 0 fully saturated rings. The predicted octanol–water partition coefficient (Wildman–Crippen LogP) is 2.28. The number of nitro groups is 1. The summed E-state index contributed by atoms with van der Waals surface area (Å²) in [6.45, 7) is 3.65. The molecule has 18 heavy (non-hydrogen) atoms. The SMILES string of the molecule is CC(C)[C@@H](N)C(=O)Nc1cc([N+](=O)[O-])ccc1Br. The third-order valence-corrected chi connectivity index (χ3v) is 3.13. The molecule has 0 aromatic heterocycles. The van der Waals surface area contributed by atoms with E-state index in [1.165, 1.54) is 18.2 Å². The summed E-state index contributed by atoms with van der Waals surface area (Å²) in [6, 6.07) is 3.49. The van der Waals surface area contributed by atoms with Crippen LogP contribution in [0.15, 0.2) is 22.7 Å². The van der Waals surface area contributed by atoms with E-state index in [1.54, 1.807) is 0 Å². The maximum absolute atomic E-state index is 11.8. The third-order valence-electron chi connectivity index (χ3n) is 2.44. The Balaban J connectivity index is 2.93. The maximum atomic E-state index is 11.8. The van der Waals surface area contributed by atoms with Crippen molar-refractivity contribution in [2.75, 3.05) is 5.32 Å². The number of benzene rings is 1. The molecule has 0 bridgehead atoms. The number of nitro benzene ring substituents is 1. The first kappa shape index (κ1) is 14.6. The number of anilines is 1. The van der Waals surface area contributed by atoms with Gasteiger partial charge in [0.15, 0.2) is 0 Å². The van der Waals surface area contributed by atoms with E-state index < -0.39 is 11.0 Å². The van der Waals surface area contributed by atoms with Crippen LogP contribution in [0.2, 0.25) is 0 Å². The summed E-state index contributed by atoms with van der Waals surface area (Å²) in [5.74, 6) is -0.381. The molecule has 0 unspecified atom stereocenters. The van der Waals surface area contributed by atoms with E-state index in [-0.39, 0.29) is 17.5 Å². The van der Waals surface area contributed by atoms with Gasteiger partial charge < -0.3 is 11.1 Å². The molecule has 0 aliphatic heterocycles. The second-order valence-corrected chi connectivity index (χ2v) is 5.03. The fraction of sp³-hybridized carbons (Fsp3) is 0.364. The minimum Gasteiger partial charge on any atom is -0.323 e. The van der Waals surface area contributed by atoms with E-state index in [0.717, 1.165) is 0 Å². The van der Waals surface area contributed by atoms with Crippen LogP contribution in [0.1, 0.15) is 13.8 Å². The van der Waals surface area contributed by atoms with Gasteiger partial charge in [-0.25, -0.2) is 0 Å². The monoisotopic (exact) mass is 315 g/mol. The number of nitrogens with one attached hydrogen (secondary N) is 1. The molecule has 1 rings (SSSR count). The molecule has 0 spiro atoms. The minimum atomic E-state index is -0.656. The zero-order chi connectivity index (χ0) is 13.9.